The highest BCUT2D eigenvalue weighted by atomic mass is 19.2. The molecule has 2 aliphatic rings. The molecule has 0 N–H and O–H groups in total. The van der Waals surface area contributed by atoms with Crippen LogP contribution in [0.15, 0.2) is 47.8 Å². The van der Waals surface area contributed by atoms with E-state index in [4.69, 9.17) is 9.47 Å². The summed E-state index contributed by atoms with van der Waals surface area (Å²) >= 11 is 0. The Morgan fingerprint density at radius 3 is 2.44 bits per heavy atom. The number of halogens is 5. The van der Waals surface area contributed by atoms with Crippen molar-refractivity contribution in [2.24, 2.45) is 5.92 Å². The van der Waals surface area contributed by atoms with E-state index >= 15 is 0 Å². The number of benzene rings is 1. The minimum Gasteiger partial charge on any atom is -0.450 e. The Morgan fingerprint density at radius 2 is 1.84 bits per heavy atom. The first kappa shape index (κ1) is 24.2. The lowest BCUT2D eigenvalue weighted by molar-refractivity contribution is -0.00847. The van der Waals surface area contributed by atoms with Gasteiger partial charge in [0.05, 0.1) is 12.2 Å². The van der Waals surface area contributed by atoms with Crippen LogP contribution in [0, 0.1) is 17.6 Å². The van der Waals surface area contributed by atoms with Crippen LogP contribution in [0.1, 0.15) is 57.1 Å². The van der Waals surface area contributed by atoms with Crippen LogP contribution in [0.5, 0.6) is 5.75 Å². The van der Waals surface area contributed by atoms with Crippen molar-refractivity contribution in [2.45, 2.75) is 58.5 Å². The zero-order valence-corrected chi connectivity index (χ0v) is 18.3. The molecule has 174 valence electrons. The second-order valence-electron chi connectivity index (χ2n) is 8.24. The number of rotatable bonds is 6. The highest BCUT2D eigenvalue weighted by Gasteiger charge is 2.33. The standard InChI is InChI=1S/C25H27F5O2/c1-5-7-15-8-9-18(31-12-15)22(29)20(27)17-11-16-10-14(4)24(19(26)13(3)6-2)32-25(16)23(30)21(17)28/h11,15,18H,3-10,12H2,1-2H3/b22-20+,24-19-. The maximum Gasteiger partial charge on any atom is 0.202 e. The fraction of sp³-hybridized carbons (Fsp3) is 0.440. The summed E-state index contributed by atoms with van der Waals surface area (Å²) in [6, 6.07) is 0.972. The van der Waals surface area contributed by atoms with Crippen LogP contribution >= 0.6 is 0 Å². The maximum absolute atomic E-state index is 14.9. The molecule has 0 aromatic heterocycles. The summed E-state index contributed by atoms with van der Waals surface area (Å²) in [6.45, 7) is 11.3. The second kappa shape index (κ2) is 10.0. The molecule has 0 spiro atoms. The van der Waals surface area contributed by atoms with Crippen molar-refractivity contribution in [2.75, 3.05) is 6.61 Å². The Labute approximate surface area is 185 Å². The van der Waals surface area contributed by atoms with Gasteiger partial charge >= 0.3 is 0 Å². The SMILES string of the molecule is C=C(CC)/C(F)=C1/Oc2c(cc(/C(F)=C(\F)C3CCC(CCC)CO3)c(F)c2F)CC1=C. The Hall–Kier alpha value is -2.41. The third-order valence-electron chi connectivity index (χ3n) is 5.90. The molecule has 2 aliphatic heterocycles. The Bertz CT molecular complexity index is 985. The molecule has 0 aliphatic carbocycles. The first-order chi connectivity index (χ1) is 15.2. The minimum absolute atomic E-state index is 0.0399. The second-order valence-corrected chi connectivity index (χ2v) is 8.24. The van der Waals surface area contributed by atoms with Gasteiger partial charge in [-0.05, 0) is 48.8 Å². The summed E-state index contributed by atoms with van der Waals surface area (Å²) in [5.41, 5.74) is -0.547. The van der Waals surface area contributed by atoms with Crippen LogP contribution in [0.4, 0.5) is 22.0 Å². The Morgan fingerprint density at radius 1 is 1.12 bits per heavy atom. The highest BCUT2D eigenvalue weighted by molar-refractivity contribution is 5.66. The Kier molecular flexibility index (Phi) is 7.59. The van der Waals surface area contributed by atoms with Crippen LogP contribution in [0.25, 0.3) is 5.83 Å². The molecular formula is C25H27F5O2. The fourth-order valence-corrected chi connectivity index (χ4v) is 3.98. The largest absolute Gasteiger partial charge is 0.450 e. The molecule has 1 aromatic rings. The van der Waals surface area contributed by atoms with E-state index in [0.717, 1.165) is 18.9 Å². The molecule has 2 heterocycles. The summed E-state index contributed by atoms with van der Waals surface area (Å²) in [5.74, 6) is -7.35. The summed E-state index contributed by atoms with van der Waals surface area (Å²) in [4.78, 5) is 0. The van der Waals surface area contributed by atoms with E-state index in [1.54, 1.807) is 6.92 Å². The van der Waals surface area contributed by atoms with Crippen molar-refractivity contribution in [1.29, 1.82) is 0 Å². The van der Waals surface area contributed by atoms with Crippen molar-refractivity contribution in [3.63, 3.8) is 0 Å². The molecule has 0 bridgehead atoms. The number of allylic oxidation sites excluding steroid dienone is 3. The minimum atomic E-state index is -1.61. The molecule has 0 amide bonds. The van der Waals surface area contributed by atoms with Crippen molar-refractivity contribution in [3.8, 4) is 5.75 Å². The molecule has 2 atom stereocenters. The predicted octanol–water partition coefficient (Wildman–Crippen LogP) is 7.81. The average molecular weight is 454 g/mol. The maximum atomic E-state index is 14.9. The first-order valence-electron chi connectivity index (χ1n) is 10.8. The monoisotopic (exact) mass is 454 g/mol. The molecule has 0 saturated carbocycles. The van der Waals surface area contributed by atoms with E-state index < -0.39 is 46.5 Å². The quantitative estimate of drug-likeness (QED) is 0.408. The van der Waals surface area contributed by atoms with Gasteiger partial charge in [-0.2, -0.15) is 4.39 Å². The van der Waals surface area contributed by atoms with Crippen molar-refractivity contribution in [3.05, 3.63) is 70.5 Å². The molecule has 7 heteroatoms. The lowest BCUT2D eigenvalue weighted by atomic mass is 9.93. The van der Waals surface area contributed by atoms with Crippen LogP contribution < -0.4 is 4.74 Å². The molecule has 1 saturated heterocycles. The van der Waals surface area contributed by atoms with Crippen molar-refractivity contribution < 1.29 is 31.4 Å². The van der Waals surface area contributed by atoms with E-state index in [1.165, 1.54) is 0 Å². The van der Waals surface area contributed by atoms with Gasteiger partial charge in [0.15, 0.2) is 34.8 Å². The first-order valence-corrected chi connectivity index (χ1v) is 10.8. The normalized spacial score (nSPS) is 23.3. The summed E-state index contributed by atoms with van der Waals surface area (Å²) < 4.78 is 84.3. The zero-order chi connectivity index (χ0) is 23.6. The van der Waals surface area contributed by atoms with E-state index in [2.05, 4.69) is 13.2 Å². The van der Waals surface area contributed by atoms with Crippen LogP contribution in [-0.4, -0.2) is 12.7 Å². The predicted molar refractivity (Wildman–Crippen MR) is 114 cm³/mol. The summed E-state index contributed by atoms with van der Waals surface area (Å²) in [7, 11) is 0. The highest BCUT2D eigenvalue weighted by Crippen LogP contribution is 2.42. The van der Waals surface area contributed by atoms with Crippen LogP contribution in [0.3, 0.4) is 0 Å². The third-order valence-corrected chi connectivity index (χ3v) is 5.90. The van der Waals surface area contributed by atoms with E-state index in [9.17, 15) is 22.0 Å². The molecule has 3 rings (SSSR count). The topological polar surface area (TPSA) is 18.5 Å². The number of ether oxygens (including phenoxy) is 2. The molecule has 0 radical (unpaired) electrons. The van der Waals surface area contributed by atoms with Gasteiger partial charge in [-0.3, -0.25) is 0 Å². The van der Waals surface area contributed by atoms with E-state index in [-0.39, 0.29) is 54.3 Å². The van der Waals surface area contributed by atoms with Gasteiger partial charge in [0.25, 0.3) is 0 Å². The summed E-state index contributed by atoms with van der Waals surface area (Å²) in [5, 5.41) is 0. The van der Waals surface area contributed by atoms with E-state index in [1.807, 2.05) is 6.92 Å². The van der Waals surface area contributed by atoms with Gasteiger partial charge in [0.2, 0.25) is 5.82 Å². The smallest absolute Gasteiger partial charge is 0.202 e. The van der Waals surface area contributed by atoms with Crippen molar-refractivity contribution in [1.82, 2.24) is 0 Å². The Balaban J connectivity index is 1.94. The van der Waals surface area contributed by atoms with Crippen LogP contribution in [0.2, 0.25) is 0 Å². The number of hydrogen-bond donors (Lipinski definition) is 0. The number of fused-ring (bicyclic) bond motifs is 1. The van der Waals surface area contributed by atoms with Gasteiger partial charge in [-0.15, -0.1) is 0 Å². The van der Waals surface area contributed by atoms with Gasteiger partial charge in [0.1, 0.15) is 6.10 Å². The lowest BCUT2D eigenvalue weighted by Crippen LogP contribution is -2.26. The fourth-order valence-electron chi connectivity index (χ4n) is 3.98. The molecule has 1 aromatic carbocycles. The summed E-state index contributed by atoms with van der Waals surface area (Å²) in [6.07, 6.45) is 1.84. The molecule has 32 heavy (non-hydrogen) atoms. The molecule has 2 unspecified atom stereocenters. The lowest BCUT2D eigenvalue weighted by Gasteiger charge is -2.28. The average Bonchev–Trinajstić information content (AvgIpc) is 2.80. The van der Waals surface area contributed by atoms with E-state index in [0.29, 0.717) is 6.42 Å². The molecule has 2 nitrogen and oxygen atoms in total. The zero-order valence-electron chi connectivity index (χ0n) is 18.3. The number of hydrogen-bond acceptors (Lipinski definition) is 2. The van der Waals surface area contributed by atoms with Gasteiger partial charge in [-0.1, -0.05) is 33.4 Å². The molecule has 1 fully saturated rings. The van der Waals surface area contributed by atoms with Gasteiger partial charge < -0.3 is 9.47 Å². The van der Waals surface area contributed by atoms with Gasteiger partial charge in [-0.25, -0.2) is 17.6 Å². The third kappa shape index (κ3) is 4.68. The van der Waals surface area contributed by atoms with Gasteiger partial charge in [0, 0.05) is 12.0 Å². The molecular weight excluding hydrogens is 427 g/mol. The van der Waals surface area contributed by atoms with Crippen molar-refractivity contribution >= 4 is 5.83 Å². The van der Waals surface area contributed by atoms with Crippen LogP contribution in [-0.2, 0) is 11.2 Å².